The van der Waals surface area contributed by atoms with Crippen molar-refractivity contribution >= 4 is 11.3 Å². The fourth-order valence-electron chi connectivity index (χ4n) is 1.92. The van der Waals surface area contributed by atoms with Gasteiger partial charge in [0.05, 0.1) is 13.2 Å². The molecule has 2 aromatic rings. The summed E-state index contributed by atoms with van der Waals surface area (Å²) in [6.45, 7) is 5.29. The van der Waals surface area contributed by atoms with Crippen molar-refractivity contribution in [2.75, 3.05) is 7.11 Å². The van der Waals surface area contributed by atoms with E-state index in [9.17, 15) is 4.79 Å². The molecule has 1 aromatic carbocycles. The molecule has 0 atom stereocenters. The first-order valence-corrected chi connectivity index (χ1v) is 7.67. The fourth-order valence-corrected chi connectivity index (χ4v) is 2.50. The maximum atomic E-state index is 11.0. The van der Waals surface area contributed by atoms with E-state index < -0.39 is 0 Å². The number of hydrogen-bond donors (Lipinski definition) is 2. The predicted molar refractivity (Wildman–Crippen MR) is 84.2 cm³/mol. The van der Waals surface area contributed by atoms with Crippen LogP contribution in [0.15, 0.2) is 28.4 Å². The van der Waals surface area contributed by atoms with Gasteiger partial charge in [-0.1, -0.05) is 17.4 Å². The van der Waals surface area contributed by atoms with Crippen molar-refractivity contribution in [3.63, 3.8) is 0 Å². The zero-order valence-electron chi connectivity index (χ0n) is 12.4. The lowest BCUT2D eigenvalue weighted by atomic mass is 10.2. The number of H-pyrrole nitrogens is 1. The van der Waals surface area contributed by atoms with Crippen molar-refractivity contribution in [3.8, 4) is 11.5 Å². The quantitative estimate of drug-likeness (QED) is 0.825. The van der Waals surface area contributed by atoms with Crippen molar-refractivity contribution < 1.29 is 9.47 Å². The maximum Gasteiger partial charge on any atom is 0.304 e. The average molecular weight is 308 g/mol. The van der Waals surface area contributed by atoms with Crippen LogP contribution in [0.25, 0.3) is 0 Å². The van der Waals surface area contributed by atoms with Gasteiger partial charge in [-0.3, -0.25) is 4.79 Å². The highest BCUT2D eigenvalue weighted by Gasteiger charge is 2.07. The summed E-state index contributed by atoms with van der Waals surface area (Å²) in [5, 5.41) is 5.11. The summed E-state index contributed by atoms with van der Waals surface area (Å²) < 4.78 is 11.0. The standard InChI is InChI=1S/C15H20N2O3S/c1-10(2)20-13-5-4-11(6-14(13)19-3)7-16-8-12-9-21-15(18)17-12/h4-6,9-10,16H,7-8H2,1-3H3,(H,17,18). The lowest BCUT2D eigenvalue weighted by Crippen LogP contribution is -2.14. The largest absolute Gasteiger partial charge is 0.493 e. The van der Waals surface area contributed by atoms with Crippen LogP contribution in [0.3, 0.4) is 0 Å². The number of nitrogens with one attached hydrogen (secondary N) is 2. The SMILES string of the molecule is COc1cc(CNCc2csc(=O)[nH]2)ccc1OC(C)C. The number of ether oxygens (including phenoxy) is 2. The van der Waals surface area contributed by atoms with Crippen molar-refractivity contribution in [2.45, 2.75) is 33.0 Å². The highest BCUT2D eigenvalue weighted by molar-refractivity contribution is 7.07. The molecule has 0 radical (unpaired) electrons. The lowest BCUT2D eigenvalue weighted by Gasteiger charge is -2.14. The van der Waals surface area contributed by atoms with Gasteiger partial charge in [0.15, 0.2) is 11.5 Å². The van der Waals surface area contributed by atoms with Crippen LogP contribution in [0.4, 0.5) is 0 Å². The van der Waals surface area contributed by atoms with Gasteiger partial charge in [0.25, 0.3) is 0 Å². The van der Waals surface area contributed by atoms with Crippen LogP contribution in [0.2, 0.25) is 0 Å². The van der Waals surface area contributed by atoms with Gasteiger partial charge < -0.3 is 19.8 Å². The highest BCUT2D eigenvalue weighted by Crippen LogP contribution is 2.28. The van der Waals surface area contributed by atoms with Crippen LogP contribution < -0.4 is 19.7 Å². The first-order valence-electron chi connectivity index (χ1n) is 6.79. The van der Waals surface area contributed by atoms with E-state index in [0.717, 1.165) is 22.8 Å². The molecular formula is C15H20N2O3S. The maximum absolute atomic E-state index is 11.0. The summed E-state index contributed by atoms with van der Waals surface area (Å²) in [6, 6.07) is 5.88. The number of thiazole rings is 1. The van der Waals surface area contributed by atoms with Crippen LogP contribution in [-0.4, -0.2) is 18.2 Å². The van der Waals surface area contributed by atoms with E-state index in [2.05, 4.69) is 10.3 Å². The summed E-state index contributed by atoms with van der Waals surface area (Å²) in [5.74, 6) is 1.48. The Kier molecular flexibility index (Phi) is 5.41. The Morgan fingerprint density at radius 1 is 1.29 bits per heavy atom. The highest BCUT2D eigenvalue weighted by atomic mass is 32.1. The molecule has 2 N–H and O–H groups in total. The Morgan fingerprint density at radius 3 is 2.71 bits per heavy atom. The van der Waals surface area contributed by atoms with Crippen LogP contribution in [-0.2, 0) is 13.1 Å². The van der Waals surface area contributed by atoms with Crippen molar-refractivity contribution in [3.05, 3.63) is 44.5 Å². The molecule has 114 valence electrons. The predicted octanol–water partition coefficient (Wildman–Crippen LogP) is 2.52. The molecule has 0 aliphatic rings. The van der Waals surface area contributed by atoms with E-state index in [0.29, 0.717) is 13.1 Å². The Morgan fingerprint density at radius 2 is 2.10 bits per heavy atom. The number of rotatable bonds is 7. The number of aromatic nitrogens is 1. The smallest absolute Gasteiger partial charge is 0.304 e. The molecule has 0 saturated heterocycles. The zero-order valence-corrected chi connectivity index (χ0v) is 13.3. The molecule has 0 aliphatic heterocycles. The lowest BCUT2D eigenvalue weighted by molar-refractivity contribution is 0.230. The van der Waals surface area contributed by atoms with Gasteiger partial charge in [-0.2, -0.15) is 0 Å². The van der Waals surface area contributed by atoms with E-state index in [1.807, 2.05) is 37.4 Å². The van der Waals surface area contributed by atoms with Gasteiger partial charge >= 0.3 is 4.87 Å². The van der Waals surface area contributed by atoms with Gasteiger partial charge in [0, 0.05) is 24.2 Å². The molecule has 0 unspecified atom stereocenters. The summed E-state index contributed by atoms with van der Waals surface area (Å²) >= 11 is 1.18. The fraction of sp³-hybridized carbons (Fsp3) is 0.400. The third-order valence-electron chi connectivity index (χ3n) is 2.81. The molecule has 0 aliphatic carbocycles. The van der Waals surface area contributed by atoms with E-state index >= 15 is 0 Å². The van der Waals surface area contributed by atoms with Gasteiger partial charge in [0.1, 0.15) is 0 Å². The molecule has 2 rings (SSSR count). The molecule has 21 heavy (non-hydrogen) atoms. The molecule has 0 spiro atoms. The van der Waals surface area contributed by atoms with Crippen molar-refractivity contribution in [1.29, 1.82) is 0 Å². The topological polar surface area (TPSA) is 63.3 Å². The third-order valence-corrected chi connectivity index (χ3v) is 3.52. The molecule has 5 nitrogen and oxygen atoms in total. The second kappa shape index (κ2) is 7.28. The minimum Gasteiger partial charge on any atom is -0.493 e. The van der Waals surface area contributed by atoms with E-state index in [-0.39, 0.29) is 11.0 Å². The Labute approximate surface area is 127 Å². The molecule has 0 amide bonds. The van der Waals surface area contributed by atoms with Gasteiger partial charge in [-0.25, -0.2) is 0 Å². The molecule has 0 fully saturated rings. The third kappa shape index (κ3) is 4.61. The number of aromatic amines is 1. The molecule has 0 saturated carbocycles. The second-order valence-corrected chi connectivity index (χ2v) is 5.77. The Bertz CT molecular complexity index is 634. The molecule has 6 heteroatoms. The average Bonchev–Trinajstić information content (AvgIpc) is 2.85. The minimum atomic E-state index is -0.0244. The monoisotopic (exact) mass is 308 g/mol. The van der Waals surface area contributed by atoms with Gasteiger partial charge in [-0.05, 0) is 31.5 Å². The molecule has 1 heterocycles. The summed E-state index contributed by atoms with van der Waals surface area (Å²) in [4.78, 5) is 13.8. The van der Waals surface area contributed by atoms with Crippen LogP contribution >= 0.6 is 11.3 Å². The van der Waals surface area contributed by atoms with Gasteiger partial charge in [0.2, 0.25) is 0 Å². The Balaban J connectivity index is 1.95. The van der Waals surface area contributed by atoms with Crippen molar-refractivity contribution in [2.24, 2.45) is 0 Å². The molecular weight excluding hydrogens is 288 g/mol. The van der Waals surface area contributed by atoms with Crippen molar-refractivity contribution in [1.82, 2.24) is 10.3 Å². The minimum absolute atomic E-state index is 0.0244. The summed E-state index contributed by atoms with van der Waals surface area (Å²) in [5.41, 5.74) is 2.00. The summed E-state index contributed by atoms with van der Waals surface area (Å²) in [6.07, 6.45) is 0.110. The van der Waals surface area contributed by atoms with Crippen LogP contribution in [0.5, 0.6) is 11.5 Å². The van der Waals surface area contributed by atoms with E-state index in [1.54, 1.807) is 7.11 Å². The number of benzene rings is 1. The number of hydrogen-bond acceptors (Lipinski definition) is 5. The first-order chi connectivity index (χ1) is 10.1. The van der Waals surface area contributed by atoms with Gasteiger partial charge in [-0.15, -0.1) is 0 Å². The van der Waals surface area contributed by atoms with Crippen LogP contribution in [0.1, 0.15) is 25.1 Å². The molecule has 0 bridgehead atoms. The zero-order chi connectivity index (χ0) is 15.2. The number of methoxy groups -OCH3 is 1. The second-order valence-electron chi connectivity index (χ2n) is 4.93. The normalized spacial score (nSPS) is 10.9. The first kappa shape index (κ1) is 15.6. The van der Waals surface area contributed by atoms with E-state index in [1.165, 1.54) is 11.3 Å². The molecule has 1 aromatic heterocycles. The van der Waals surface area contributed by atoms with E-state index in [4.69, 9.17) is 9.47 Å². The Hall–Kier alpha value is -1.79. The van der Waals surface area contributed by atoms with Crippen LogP contribution in [0, 0.1) is 0 Å². The summed E-state index contributed by atoms with van der Waals surface area (Å²) in [7, 11) is 1.63.